The first-order chi connectivity index (χ1) is 16.9. The standard InChI is InChI=1S/C10H18N4.2C7H8O3S/c1-5-11-9(12-6-1)3-4-10-13-7-2-8-14-10;2*1-6-2-4-7(5-3-6)11(8,9)10/h1-8H2,(H,11,12)(H,13,14);2*2-5H,1H3,(H,8,9,10). The van der Waals surface area contributed by atoms with Crippen LogP contribution in [0.4, 0.5) is 0 Å². The normalized spacial score (nSPS) is 15.4. The monoisotopic (exact) mass is 538 g/mol. The van der Waals surface area contributed by atoms with E-state index in [4.69, 9.17) is 9.11 Å². The SMILES string of the molecule is C1CN=C(CCC2=NCCCN2)NC1.Cc1ccc(S(=O)(=O)O)cc1.Cc1ccc(S(=O)(=O)O)cc1. The Labute approximate surface area is 213 Å². The van der Waals surface area contributed by atoms with Gasteiger partial charge in [-0.15, -0.1) is 0 Å². The van der Waals surface area contributed by atoms with Crippen molar-refractivity contribution < 1.29 is 25.9 Å². The zero-order valence-electron chi connectivity index (χ0n) is 20.5. The molecule has 2 heterocycles. The summed E-state index contributed by atoms with van der Waals surface area (Å²) in [7, 11) is -8.04. The molecule has 0 aromatic heterocycles. The summed E-state index contributed by atoms with van der Waals surface area (Å²) < 4.78 is 59.1. The Morgan fingerprint density at radius 3 is 1.25 bits per heavy atom. The predicted molar refractivity (Wildman–Crippen MR) is 141 cm³/mol. The molecule has 0 fully saturated rings. The van der Waals surface area contributed by atoms with Crippen LogP contribution in [0.15, 0.2) is 68.3 Å². The van der Waals surface area contributed by atoms with Crippen molar-refractivity contribution in [2.45, 2.75) is 49.3 Å². The molecule has 12 heteroatoms. The lowest BCUT2D eigenvalue weighted by atomic mass is 10.2. The van der Waals surface area contributed by atoms with E-state index in [1.807, 2.05) is 13.8 Å². The van der Waals surface area contributed by atoms with E-state index in [9.17, 15) is 16.8 Å². The van der Waals surface area contributed by atoms with Crippen LogP contribution in [0.2, 0.25) is 0 Å². The predicted octanol–water partition coefficient (Wildman–Crippen LogP) is 3.03. The van der Waals surface area contributed by atoms with E-state index in [0.29, 0.717) is 0 Å². The zero-order valence-corrected chi connectivity index (χ0v) is 22.1. The summed E-state index contributed by atoms with van der Waals surface area (Å²) >= 11 is 0. The smallest absolute Gasteiger partial charge is 0.294 e. The van der Waals surface area contributed by atoms with Gasteiger partial charge in [0.05, 0.1) is 21.5 Å². The number of nitrogens with one attached hydrogen (secondary N) is 2. The fourth-order valence-electron chi connectivity index (χ4n) is 3.16. The second-order valence-corrected chi connectivity index (χ2v) is 11.1. The molecule has 0 aliphatic carbocycles. The summed E-state index contributed by atoms with van der Waals surface area (Å²) in [4.78, 5) is 8.74. The van der Waals surface area contributed by atoms with Crippen LogP contribution in [-0.2, 0) is 20.2 Å². The lowest BCUT2D eigenvalue weighted by Gasteiger charge is -2.17. The maximum Gasteiger partial charge on any atom is 0.294 e. The minimum atomic E-state index is -4.02. The van der Waals surface area contributed by atoms with Crippen molar-refractivity contribution in [1.82, 2.24) is 10.6 Å². The van der Waals surface area contributed by atoms with Gasteiger partial charge in [0.15, 0.2) is 0 Å². The van der Waals surface area contributed by atoms with E-state index in [2.05, 4.69) is 20.6 Å². The van der Waals surface area contributed by atoms with Crippen LogP contribution < -0.4 is 10.6 Å². The molecule has 10 nitrogen and oxygen atoms in total. The molecule has 0 saturated heterocycles. The topological polar surface area (TPSA) is 158 Å². The van der Waals surface area contributed by atoms with Gasteiger partial charge in [0.2, 0.25) is 0 Å². The number of aliphatic imine (C=N–C) groups is 2. The first kappa shape index (κ1) is 29.4. The van der Waals surface area contributed by atoms with Crippen molar-refractivity contribution in [2.75, 3.05) is 26.2 Å². The summed E-state index contributed by atoms with van der Waals surface area (Å²) in [6.07, 6.45) is 4.35. The van der Waals surface area contributed by atoms with Crippen molar-refractivity contribution in [2.24, 2.45) is 9.98 Å². The van der Waals surface area contributed by atoms with Crippen LogP contribution in [0.3, 0.4) is 0 Å². The Kier molecular flexibility index (Phi) is 11.5. The number of rotatable bonds is 5. The Bertz CT molecular complexity index is 1140. The van der Waals surface area contributed by atoms with Crippen molar-refractivity contribution >= 4 is 31.9 Å². The van der Waals surface area contributed by atoms with Gasteiger partial charge in [-0.1, -0.05) is 35.4 Å². The summed E-state index contributed by atoms with van der Waals surface area (Å²) in [6, 6.07) is 12.0. The van der Waals surface area contributed by atoms with Crippen molar-refractivity contribution in [1.29, 1.82) is 0 Å². The van der Waals surface area contributed by atoms with E-state index >= 15 is 0 Å². The van der Waals surface area contributed by atoms with Gasteiger partial charge in [-0.25, -0.2) is 0 Å². The van der Waals surface area contributed by atoms with E-state index in [1.165, 1.54) is 37.1 Å². The Morgan fingerprint density at radius 2 is 1.00 bits per heavy atom. The second kappa shape index (κ2) is 14.1. The molecule has 0 radical (unpaired) electrons. The number of hydrogen-bond donors (Lipinski definition) is 4. The van der Waals surface area contributed by atoms with Crippen LogP contribution in [-0.4, -0.2) is 63.8 Å². The number of benzene rings is 2. The molecule has 2 aromatic carbocycles. The zero-order chi connectivity index (χ0) is 26.6. The van der Waals surface area contributed by atoms with Gasteiger partial charge >= 0.3 is 0 Å². The number of nitrogens with zero attached hydrogens (tertiary/aromatic N) is 2. The van der Waals surface area contributed by atoms with E-state index in [0.717, 1.165) is 61.8 Å². The van der Waals surface area contributed by atoms with Gasteiger partial charge in [-0.05, 0) is 51.0 Å². The summed E-state index contributed by atoms with van der Waals surface area (Å²) in [5, 5.41) is 6.65. The molecule has 2 aliphatic heterocycles. The van der Waals surface area contributed by atoms with E-state index in [-0.39, 0.29) is 9.79 Å². The van der Waals surface area contributed by atoms with Gasteiger partial charge in [-0.3, -0.25) is 19.1 Å². The molecule has 0 spiro atoms. The highest BCUT2D eigenvalue weighted by Crippen LogP contribution is 2.09. The third-order valence-electron chi connectivity index (χ3n) is 5.17. The van der Waals surface area contributed by atoms with Gasteiger partial charge in [-0.2, -0.15) is 16.8 Å². The highest BCUT2D eigenvalue weighted by molar-refractivity contribution is 7.86. The fourth-order valence-corrected chi connectivity index (χ4v) is 4.12. The van der Waals surface area contributed by atoms with Gasteiger partial charge in [0.1, 0.15) is 0 Å². The first-order valence-electron chi connectivity index (χ1n) is 11.6. The molecule has 4 N–H and O–H groups in total. The van der Waals surface area contributed by atoms with Crippen LogP contribution in [0.5, 0.6) is 0 Å². The molecular formula is C24H34N4O6S2. The maximum atomic E-state index is 10.5. The fraction of sp³-hybridized carbons (Fsp3) is 0.417. The lowest BCUT2D eigenvalue weighted by Crippen LogP contribution is -2.33. The van der Waals surface area contributed by atoms with Crippen LogP contribution in [0.1, 0.15) is 36.8 Å². The second-order valence-electron chi connectivity index (χ2n) is 8.29. The largest absolute Gasteiger partial charge is 0.374 e. The van der Waals surface area contributed by atoms with Crippen LogP contribution >= 0.6 is 0 Å². The highest BCUT2D eigenvalue weighted by atomic mass is 32.2. The molecule has 0 saturated carbocycles. The molecule has 36 heavy (non-hydrogen) atoms. The van der Waals surface area contributed by atoms with Gasteiger partial charge in [0.25, 0.3) is 20.2 Å². The van der Waals surface area contributed by atoms with Gasteiger partial charge < -0.3 is 10.6 Å². The number of amidine groups is 2. The molecule has 4 rings (SSSR count). The average Bonchev–Trinajstić information content (AvgIpc) is 2.84. The quantitative estimate of drug-likeness (QED) is 0.423. The Morgan fingerprint density at radius 1 is 0.667 bits per heavy atom. The number of aryl methyl sites for hydroxylation is 2. The number of hydrogen-bond acceptors (Lipinski definition) is 8. The average molecular weight is 539 g/mol. The molecule has 198 valence electrons. The molecule has 0 unspecified atom stereocenters. The Balaban J connectivity index is 0.000000193. The highest BCUT2D eigenvalue weighted by Gasteiger charge is 2.09. The summed E-state index contributed by atoms with van der Waals surface area (Å²) in [5.41, 5.74) is 1.91. The molecule has 0 amide bonds. The van der Waals surface area contributed by atoms with Crippen molar-refractivity contribution in [3.63, 3.8) is 0 Å². The summed E-state index contributed by atoms with van der Waals surface area (Å²) in [5.74, 6) is 2.32. The molecule has 2 aromatic rings. The maximum absolute atomic E-state index is 10.5. The van der Waals surface area contributed by atoms with E-state index < -0.39 is 20.2 Å². The third-order valence-corrected chi connectivity index (χ3v) is 6.91. The van der Waals surface area contributed by atoms with Crippen molar-refractivity contribution in [3.05, 3.63) is 59.7 Å². The first-order valence-corrected chi connectivity index (χ1v) is 14.5. The van der Waals surface area contributed by atoms with E-state index in [1.54, 1.807) is 24.3 Å². The Hall–Kier alpha value is -2.80. The van der Waals surface area contributed by atoms with Crippen molar-refractivity contribution in [3.8, 4) is 0 Å². The lowest BCUT2D eigenvalue weighted by molar-refractivity contribution is 0.481. The molecule has 0 atom stereocenters. The van der Waals surface area contributed by atoms with Crippen LogP contribution in [0, 0.1) is 13.8 Å². The minimum Gasteiger partial charge on any atom is -0.374 e. The van der Waals surface area contributed by atoms with Gasteiger partial charge in [0, 0.05) is 39.0 Å². The molecule has 0 bridgehead atoms. The summed E-state index contributed by atoms with van der Waals surface area (Å²) in [6.45, 7) is 7.82. The minimum absolute atomic E-state index is 0.0666. The van der Waals surface area contributed by atoms with Crippen LogP contribution in [0.25, 0.3) is 0 Å². The molecule has 2 aliphatic rings. The third kappa shape index (κ3) is 11.3. The molecular weight excluding hydrogens is 504 g/mol.